The van der Waals surface area contributed by atoms with Gasteiger partial charge in [0.2, 0.25) is 24.4 Å². The van der Waals surface area contributed by atoms with Gasteiger partial charge in [-0.05, 0) is 19.8 Å². The van der Waals surface area contributed by atoms with Crippen molar-refractivity contribution in [3.8, 4) is 11.3 Å². The predicted molar refractivity (Wildman–Crippen MR) is 202 cm³/mol. The van der Waals surface area contributed by atoms with E-state index in [9.17, 15) is 33.7 Å². The fourth-order valence-electron chi connectivity index (χ4n) is 4.32. The Balaban J connectivity index is 1.60. The molecular formula is C28H35N12O10PS4. The maximum absolute atomic E-state index is 13.7. The van der Waals surface area contributed by atoms with Crippen LogP contribution in [0.15, 0.2) is 55.0 Å². The van der Waals surface area contributed by atoms with Crippen LogP contribution in [0, 0.1) is 0 Å². The summed E-state index contributed by atoms with van der Waals surface area (Å²) in [6, 6.07) is 1.07. The highest BCUT2D eigenvalue weighted by Crippen LogP contribution is 2.38. The van der Waals surface area contributed by atoms with Crippen molar-refractivity contribution in [3.05, 3.63) is 46.3 Å². The Morgan fingerprint density at radius 1 is 1.25 bits per heavy atom. The van der Waals surface area contributed by atoms with Gasteiger partial charge in [-0.25, -0.2) is 14.3 Å². The molecule has 296 valence electrons. The molecule has 4 heterocycles. The molecule has 4 atom stereocenters. The number of aromatic nitrogens is 4. The van der Waals surface area contributed by atoms with Crippen LogP contribution in [0.3, 0.4) is 0 Å². The summed E-state index contributed by atoms with van der Waals surface area (Å²) in [4.78, 5) is 89.3. The third kappa shape index (κ3) is 13.0. The lowest BCUT2D eigenvalue weighted by Crippen LogP contribution is -2.60. The van der Waals surface area contributed by atoms with Gasteiger partial charge >= 0.3 is 11.9 Å². The highest BCUT2D eigenvalue weighted by molar-refractivity contribution is 8.07. The number of nitrogens with one attached hydrogen (secondary N) is 4. The lowest BCUT2D eigenvalue weighted by atomic mass is 10.2. The molecule has 55 heavy (non-hydrogen) atoms. The first-order chi connectivity index (χ1) is 26.0. The van der Waals surface area contributed by atoms with Crippen molar-refractivity contribution < 1.29 is 53.1 Å². The minimum Gasteiger partial charge on any atom is -0.762 e. The Kier molecular flexibility index (Phi) is 15.5. The number of guanidine groups is 1. The molecule has 3 aromatic rings. The highest BCUT2D eigenvalue weighted by atomic mass is 32.2. The normalized spacial score (nSPS) is 17.0. The second-order valence-corrected chi connectivity index (χ2v) is 16.4. The van der Waals surface area contributed by atoms with Gasteiger partial charge in [-0.15, -0.1) is 23.1 Å². The Hall–Kier alpha value is -4.69. The minimum absolute atomic E-state index is 0.00443. The number of carbonyl (C=O) groups is 4. The Morgan fingerprint density at radius 2 is 1.98 bits per heavy atom. The number of rotatable bonds is 18. The van der Waals surface area contributed by atoms with E-state index in [-0.39, 0.29) is 37.4 Å². The Morgan fingerprint density at radius 3 is 2.64 bits per heavy atom. The number of hydrogen-bond donors (Lipinski definition) is 9. The highest BCUT2D eigenvalue weighted by Gasteiger charge is 2.38. The van der Waals surface area contributed by atoms with Crippen LogP contribution in [-0.2, 0) is 35.6 Å². The molecule has 0 aromatic carbocycles. The molecule has 0 bridgehead atoms. The SMILES string of the molecule is CCO/N=C(\C(=O)N[C@H](C(=O)NC(N)=NCCC[C@H](N)C(=O)O)[C@@H]1NC(C(=O)O)=C(Sc2nc(-c3cc[n+](C)cc3)cs2)CS1)c1nsc(NP(=O)([O-])O)n1. The molecule has 11 N–H and O–H groups in total. The molecule has 0 saturated carbocycles. The molecule has 3 aromatic heterocycles. The second-order valence-electron chi connectivity index (χ2n) is 11.0. The number of aliphatic imine (C=N–C) groups is 1. The lowest BCUT2D eigenvalue weighted by Gasteiger charge is -2.32. The molecule has 2 amide bonds. The molecule has 0 radical (unpaired) electrons. The van der Waals surface area contributed by atoms with Crippen molar-refractivity contribution in [1.29, 1.82) is 0 Å². The van der Waals surface area contributed by atoms with Crippen molar-refractivity contribution in [2.45, 2.75) is 41.6 Å². The molecule has 1 unspecified atom stereocenters. The number of aliphatic carboxylic acids is 2. The lowest BCUT2D eigenvalue weighted by molar-refractivity contribution is -0.671. The maximum Gasteiger partial charge on any atom is 0.352 e. The van der Waals surface area contributed by atoms with Crippen LogP contribution in [0.5, 0.6) is 0 Å². The van der Waals surface area contributed by atoms with Gasteiger partial charge in [0, 0.05) is 51.8 Å². The number of hydrogen-bond acceptors (Lipinski definition) is 18. The molecule has 27 heteroatoms. The number of pyridine rings is 1. The number of carboxylic acids is 2. The Bertz CT molecular complexity index is 2020. The van der Waals surface area contributed by atoms with Gasteiger partial charge < -0.3 is 52.0 Å². The van der Waals surface area contributed by atoms with Crippen molar-refractivity contribution in [2.75, 3.05) is 24.0 Å². The first-order valence-electron chi connectivity index (χ1n) is 15.7. The average molecular weight is 859 g/mol. The largest absolute Gasteiger partial charge is 0.762 e. The molecule has 4 rings (SSSR count). The van der Waals surface area contributed by atoms with E-state index in [1.165, 1.54) is 11.3 Å². The van der Waals surface area contributed by atoms with Crippen molar-refractivity contribution in [3.63, 3.8) is 0 Å². The Labute approximate surface area is 328 Å². The molecule has 22 nitrogen and oxygen atoms in total. The van der Waals surface area contributed by atoms with E-state index in [0.29, 0.717) is 26.5 Å². The van der Waals surface area contributed by atoms with E-state index in [1.807, 2.05) is 41.5 Å². The quantitative estimate of drug-likeness (QED) is 0.0184. The molecule has 1 aliphatic rings. The van der Waals surface area contributed by atoms with Gasteiger partial charge in [0.05, 0.1) is 5.69 Å². The fourth-order valence-corrected chi connectivity index (χ4v) is 8.84. The zero-order chi connectivity index (χ0) is 40.3. The summed E-state index contributed by atoms with van der Waals surface area (Å²) in [7, 11) is -3.15. The van der Waals surface area contributed by atoms with Gasteiger partial charge in [0.25, 0.3) is 11.8 Å². The molecule has 0 aliphatic carbocycles. The van der Waals surface area contributed by atoms with Crippen molar-refractivity contribution in [1.82, 2.24) is 30.3 Å². The molecule has 0 spiro atoms. The molecule has 0 saturated heterocycles. The maximum atomic E-state index is 13.7. The van der Waals surface area contributed by atoms with E-state index in [4.69, 9.17) is 26.3 Å². The van der Waals surface area contributed by atoms with Crippen LogP contribution in [0.25, 0.3) is 11.3 Å². The van der Waals surface area contributed by atoms with Crippen LogP contribution < -0.4 is 42.0 Å². The molecule has 0 fully saturated rings. The van der Waals surface area contributed by atoms with Crippen LogP contribution in [0.1, 0.15) is 25.6 Å². The minimum atomic E-state index is -5.03. The number of carboxylic acid groups (broad SMARTS) is 2. The molecular weight excluding hydrogens is 824 g/mol. The van der Waals surface area contributed by atoms with Crippen molar-refractivity contribution >= 4 is 94.7 Å². The van der Waals surface area contributed by atoms with Crippen LogP contribution in [-0.4, -0.2) is 101 Å². The fraction of sp³-hybridized carbons (Fsp3) is 0.357. The smallest absolute Gasteiger partial charge is 0.352 e. The first kappa shape index (κ1) is 43.0. The summed E-state index contributed by atoms with van der Waals surface area (Å²) >= 11 is 3.99. The van der Waals surface area contributed by atoms with Crippen LogP contribution >= 0.6 is 54.1 Å². The third-order valence-corrected chi connectivity index (χ3v) is 11.6. The van der Waals surface area contributed by atoms with Gasteiger partial charge in [0.15, 0.2) is 22.7 Å². The number of nitrogens with two attached hydrogens (primary N) is 2. The van der Waals surface area contributed by atoms with Gasteiger partial charge in [-0.1, -0.05) is 16.9 Å². The standard InChI is InChI=1S/C28H35N12O10PS4/c1-3-50-37-18(20-35-27(55-39-20)38-51(47,48)49)21(41)33-19(22(42)36-26(30)31-8-4-5-14(29)24(43)44)23-34-17(25(45)46)16(12-52-23)54-28-32-15(11-53-28)13-6-9-40(2)10-7-13/h6-7,9-11,14,19,23,34H,3-5,8,12,29H2,1-2H3,(H8-,30,31,33,35,36,38,39,41,42,43,44,45,46,47,48,49)/b37-18-/t14-,19+,23+/m0/s1. The monoisotopic (exact) mass is 858 g/mol. The zero-order valence-electron chi connectivity index (χ0n) is 28.8. The summed E-state index contributed by atoms with van der Waals surface area (Å²) in [6.45, 7) is 1.53. The topological polar surface area (TPSA) is 346 Å². The summed E-state index contributed by atoms with van der Waals surface area (Å²) in [5.74, 6) is -5.35. The van der Waals surface area contributed by atoms with E-state index in [2.05, 4.69) is 40.4 Å². The van der Waals surface area contributed by atoms with Gasteiger partial charge in [-0.3, -0.25) is 29.3 Å². The van der Waals surface area contributed by atoms with Crippen molar-refractivity contribution in [2.24, 2.45) is 28.7 Å². The zero-order valence-corrected chi connectivity index (χ0v) is 32.9. The number of thioether (sulfide) groups is 2. The summed E-state index contributed by atoms with van der Waals surface area (Å²) in [5, 5.41) is 32.6. The number of anilines is 1. The van der Waals surface area contributed by atoms with Crippen LogP contribution in [0.4, 0.5) is 5.13 Å². The van der Waals surface area contributed by atoms with Crippen LogP contribution in [0.2, 0.25) is 0 Å². The van der Waals surface area contributed by atoms with Gasteiger partial charge in [-0.2, -0.15) is 9.36 Å². The third-order valence-electron chi connectivity index (χ3n) is 6.91. The van der Waals surface area contributed by atoms with E-state index < -0.39 is 71.6 Å². The number of oxime groups is 1. The molecule has 1 aliphatic heterocycles. The number of nitrogens with zero attached hydrogens (tertiary/aromatic N) is 6. The van der Waals surface area contributed by atoms with E-state index >= 15 is 0 Å². The summed E-state index contributed by atoms with van der Waals surface area (Å²) < 4.78 is 17.6. The number of amides is 2. The van der Waals surface area contributed by atoms with E-state index in [0.717, 1.165) is 29.1 Å². The number of carbonyl (C=O) groups excluding carboxylic acids is 2. The number of aryl methyl sites for hydroxylation is 1. The van der Waals surface area contributed by atoms with E-state index in [1.54, 1.807) is 12.0 Å². The summed E-state index contributed by atoms with van der Waals surface area (Å²) in [6.07, 6.45) is 4.04. The second kappa shape index (κ2) is 19.8. The van der Waals surface area contributed by atoms with Gasteiger partial charge in [0.1, 0.15) is 36.8 Å². The summed E-state index contributed by atoms with van der Waals surface area (Å²) in [5.41, 5.74) is 12.1. The average Bonchev–Trinajstić information content (AvgIpc) is 3.78. The number of thiazole rings is 1. The predicted octanol–water partition coefficient (Wildman–Crippen LogP) is -1.04. The first-order valence-corrected chi connectivity index (χ1v) is 20.8.